The summed E-state index contributed by atoms with van der Waals surface area (Å²) in [4.78, 5) is 12.1. The Morgan fingerprint density at radius 2 is 1.44 bits per heavy atom. The predicted octanol–water partition coefficient (Wildman–Crippen LogP) is 5.61. The number of carbonyl (C=O) groups excluding carboxylic acids is 1. The molecule has 0 saturated heterocycles. The average molecular weight is 471 g/mol. The molecular weight excluding hydrogens is 462 g/mol. The molecule has 0 heterocycles. The summed E-state index contributed by atoms with van der Waals surface area (Å²) in [5, 5.41) is 3.91. The summed E-state index contributed by atoms with van der Waals surface area (Å²) in [6.07, 6.45) is -9.98. The molecule has 0 aliphatic carbocycles. The molecule has 0 aliphatic heterocycles. The maximum Gasteiger partial charge on any atom is 0.416 e. The van der Waals surface area contributed by atoms with Gasteiger partial charge < -0.3 is 5.32 Å². The van der Waals surface area contributed by atoms with Crippen molar-refractivity contribution < 1.29 is 31.1 Å². The molecule has 3 nitrogen and oxygen atoms in total. The number of hydrogen-bond acceptors (Lipinski definition) is 2. The van der Waals surface area contributed by atoms with Crippen molar-refractivity contribution in [2.75, 3.05) is 5.32 Å². The number of anilines is 1. The minimum absolute atomic E-state index is 0.00606. The highest BCUT2D eigenvalue weighted by molar-refractivity contribution is 9.10. The summed E-state index contributed by atoms with van der Waals surface area (Å²) in [5.41, 5.74) is -3.38. The standard InChI is InChI=1S/C16H9BrF6N2OS/c17-12-4-2-1-3-11(12)13(26)25-14(27)24-10-6-8(15(18,19)20)5-9(7-10)16(21,22)23/h1-7H,(H2,24,25,26,27). The molecule has 0 atom stereocenters. The van der Waals surface area contributed by atoms with Crippen LogP contribution in [0.1, 0.15) is 21.5 Å². The van der Waals surface area contributed by atoms with Crippen molar-refractivity contribution in [2.45, 2.75) is 12.4 Å². The van der Waals surface area contributed by atoms with E-state index in [0.29, 0.717) is 16.6 Å². The van der Waals surface area contributed by atoms with Gasteiger partial charge in [-0.1, -0.05) is 12.1 Å². The molecule has 2 aromatic rings. The molecular formula is C16H9BrF6N2OS. The summed E-state index contributed by atoms with van der Waals surface area (Å²) in [6.45, 7) is 0. The Hall–Kier alpha value is -2.14. The van der Waals surface area contributed by atoms with E-state index < -0.39 is 40.2 Å². The van der Waals surface area contributed by atoms with Gasteiger partial charge in [0.2, 0.25) is 0 Å². The number of alkyl halides is 6. The lowest BCUT2D eigenvalue weighted by atomic mass is 10.1. The van der Waals surface area contributed by atoms with Crippen molar-refractivity contribution in [3.8, 4) is 0 Å². The van der Waals surface area contributed by atoms with E-state index in [1.165, 1.54) is 6.07 Å². The molecule has 0 spiro atoms. The number of thiocarbonyl (C=S) groups is 1. The van der Waals surface area contributed by atoms with Gasteiger partial charge in [0.15, 0.2) is 5.11 Å². The summed E-state index contributed by atoms with van der Waals surface area (Å²) in [6, 6.07) is 7.17. The first-order valence-corrected chi connectivity index (χ1v) is 8.24. The summed E-state index contributed by atoms with van der Waals surface area (Å²) >= 11 is 7.95. The van der Waals surface area contributed by atoms with Gasteiger partial charge in [-0.05, 0) is 58.5 Å². The van der Waals surface area contributed by atoms with Crippen LogP contribution in [0.4, 0.5) is 32.0 Å². The van der Waals surface area contributed by atoms with Gasteiger partial charge in [-0.15, -0.1) is 0 Å². The van der Waals surface area contributed by atoms with E-state index in [1.54, 1.807) is 18.2 Å². The minimum Gasteiger partial charge on any atom is -0.332 e. The highest BCUT2D eigenvalue weighted by Gasteiger charge is 2.37. The van der Waals surface area contributed by atoms with Crippen molar-refractivity contribution >= 4 is 44.9 Å². The van der Waals surface area contributed by atoms with Crippen molar-refractivity contribution in [3.63, 3.8) is 0 Å². The van der Waals surface area contributed by atoms with E-state index >= 15 is 0 Å². The Morgan fingerprint density at radius 1 is 0.926 bits per heavy atom. The van der Waals surface area contributed by atoms with Gasteiger partial charge in [0, 0.05) is 10.2 Å². The lowest BCUT2D eigenvalue weighted by Gasteiger charge is -2.16. The van der Waals surface area contributed by atoms with E-state index in [1.807, 2.05) is 0 Å². The molecule has 0 radical (unpaired) electrons. The molecule has 0 unspecified atom stereocenters. The van der Waals surface area contributed by atoms with Gasteiger partial charge in [-0.25, -0.2) is 0 Å². The molecule has 0 saturated carbocycles. The number of halogens is 7. The summed E-state index contributed by atoms with van der Waals surface area (Å²) in [7, 11) is 0. The largest absolute Gasteiger partial charge is 0.416 e. The minimum atomic E-state index is -4.99. The Bertz CT molecular complexity index is 850. The SMILES string of the molecule is O=C(NC(=S)Nc1cc(C(F)(F)F)cc(C(F)(F)F)c1)c1ccccc1Br. The van der Waals surface area contributed by atoms with E-state index in [2.05, 4.69) is 26.6 Å². The first kappa shape index (κ1) is 21.2. The first-order chi connectivity index (χ1) is 12.4. The van der Waals surface area contributed by atoms with Crippen molar-refractivity contribution in [1.29, 1.82) is 0 Å². The second-order valence-corrected chi connectivity index (χ2v) is 6.45. The second kappa shape index (κ2) is 7.85. The molecule has 11 heteroatoms. The van der Waals surface area contributed by atoms with Gasteiger partial charge in [-0.3, -0.25) is 10.1 Å². The highest BCUT2D eigenvalue weighted by Crippen LogP contribution is 2.37. The van der Waals surface area contributed by atoms with Gasteiger partial charge in [-0.2, -0.15) is 26.3 Å². The van der Waals surface area contributed by atoms with Crippen molar-refractivity contribution in [1.82, 2.24) is 5.32 Å². The quantitative estimate of drug-likeness (QED) is 0.442. The molecule has 27 heavy (non-hydrogen) atoms. The van der Waals surface area contributed by atoms with Crippen LogP contribution in [0.3, 0.4) is 0 Å². The monoisotopic (exact) mass is 470 g/mol. The van der Waals surface area contributed by atoms with Crippen LogP contribution in [0, 0.1) is 0 Å². The molecule has 0 aromatic heterocycles. The van der Waals surface area contributed by atoms with Crippen LogP contribution in [0.5, 0.6) is 0 Å². The van der Waals surface area contributed by atoms with Crippen LogP contribution in [0.2, 0.25) is 0 Å². The smallest absolute Gasteiger partial charge is 0.332 e. The lowest BCUT2D eigenvalue weighted by Crippen LogP contribution is -2.34. The fourth-order valence-electron chi connectivity index (χ4n) is 2.01. The second-order valence-electron chi connectivity index (χ2n) is 5.18. The van der Waals surface area contributed by atoms with Crippen molar-refractivity contribution in [3.05, 3.63) is 63.6 Å². The van der Waals surface area contributed by atoms with Gasteiger partial charge in [0.05, 0.1) is 16.7 Å². The lowest BCUT2D eigenvalue weighted by molar-refractivity contribution is -0.143. The van der Waals surface area contributed by atoms with E-state index in [-0.39, 0.29) is 11.6 Å². The summed E-state index contributed by atoms with van der Waals surface area (Å²) in [5.74, 6) is -0.692. The molecule has 1 amide bonds. The van der Waals surface area contributed by atoms with E-state index in [0.717, 1.165) is 0 Å². The average Bonchev–Trinajstić information content (AvgIpc) is 2.53. The molecule has 2 rings (SSSR count). The van der Waals surface area contributed by atoms with Crippen LogP contribution in [-0.2, 0) is 12.4 Å². The molecule has 0 fully saturated rings. The third-order valence-electron chi connectivity index (χ3n) is 3.19. The normalized spacial score (nSPS) is 11.8. The summed E-state index contributed by atoms with van der Waals surface area (Å²) < 4.78 is 77.5. The fourth-order valence-corrected chi connectivity index (χ4v) is 2.68. The number of carbonyl (C=O) groups is 1. The highest BCUT2D eigenvalue weighted by atomic mass is 79.9. The van der Waals surface area contributed by atoms with Crippen molar-refractivity contribution in [2.24, 2.45) is 0 Å². The third-order valence-corrected chi connectivity index (χ3v) is 4.09. The van der Waals surface area contributed by atoms with Crippen LogP contribution in [0.25, 0.3) is 0 Å². The number of rotatable bonds is 2. The Morgan fingerprint density at radius 3 is 1.93 bits per heavy atom. The maximum absolute atomic E-state index is 12.8. The van der Waals surface area contributed by atoms with E-state index in [4.69, 9.17) is 12.2 Å². The molecule has 0 bridgehead atoms. The van der Waals surface area contributed by atoms with Crippen LogP contribution < -0.4 is 10.6 Å². The van der Waals surface area contributed by atoms with E-state index in [9.17, 15) is 31.1 Å². The number of nitrogens with one attached hydrogen (secondary N) is 2. The molecule has 0 aliphatic rings. The zero-order chi connectivity index (χ0) is 20.4. The molecule has 2 aromatic carbocycles. The van der Waals surface area contributed by atoms with Crippen LogP contribution in [0.15, 0.2) is 46.9 Å². The topological polar surface area (TPSA) is 41.1 Å². The maximum atomic E-state index is 12.8. The zero-order valence-electron chi connectivity index (χ0n) is 13.0. The zero-order valence-corrected chi connectivity index (χ0v) is 15.4. The Kier molecular flexibility index (Phi) is 6.15. The Balaban J connectivity index is 2.24. The van der Waals surface area contributed by atoms with Crippen LogP contribution in [-0.4, -0.2) is 11.0 Å². The molecule has 2 N–H and O–H groups in total. The predicted molar refractivity (Wildman–Crippen MR) is 94.3 cm³/mol. The Labute approximate surface area is 162 Å². The van der Waals surface area contributed by atoms with Crippen LogP contribution >= 0.6 is 28.1 Å². The van der Waals surface area contributed by atoms with Gasteiger partial charge in [0.25, 0.3) is 5.91 Å². The number of hydrogen-bond donors (Lipinski definition) is 2. The first-order valence-electron chi connectivity index (χ1n) is 7.04. The van der Waals surface area contributed by atoms with Gasteiger partial charge >= 0.3 is 12.4 Å². The number of amides is 1. The van der Waals surface area contributed by atoms with Gasteiger partial charge in [0.1, 0.15) is 0 Å². The fraction of sp³-hybridized carbons (Fsp3) is 0.125. The number of benzene rings is 2. The third kappa shape index (κ3) is 5.67. The molecule has 144 valence electrons.